The molecule has 1 N–H and O–H groups in total. The van der Waals surface area contributed by atoms with Crippen molar-refractivity contribution in [2.24, 2.45) is 0 Å². The van der Waals surface area contributed by atoms with Crippen LogP contribution in [0, 0.1) is 0 Å². The molecule has 1 fully saturated rings. The highest BCUT2D eigenvalue weighted by Gasteiger charge is 2.26. The van der Waals surface area contributed by atoms with Crippen LogP contribution in [0.4, 0.5) is 5.69 Å². The molecule has 4 nitrogen and oxygen atoms in total. The van der Waals surface area contributed by atoms with Crippen LogP contribution in [0.5, 0.6) is 0 Å². The van der Waals surface area contributed by atoms with Gasteiger partial charge in [-0.3, -0.25) is 9.59 Å². The zero-order chi connectivity index (χ0) is 18.5. The van der Waals surface area contributed by atoms with Gasteiger partial charge < -0.3 is 10.2 Å². The number of para-hydroxylation sites is 1. The number of nitrogens with zero attached hydrogens (tertiary/aromatic N) is 1. The lowest BCUT2D eigenvalue weighted by Crippen LogP contribution is -2.43. The summed E-state index contributed by atoms with van der Waals surface area (Å²) in [6.07, 6.45) is 4.21. The van der Waals surface area contributed by atoms with Crippen molar-refractivity contribution in [2.75, 3.05) is 11.9 Å². The molecule has 1 aliphatic rings. The molecule has 0 saturated carbocycles. The lowest BCUT2D eigenvalue weighted by molar-refractivity contribution is 0.0608. The third kappa shape index (κ3) is 4.07. The quantitative estimate of drug-likeness (QED) is 0.823. The van der Waals surface area contributed by atoms with Gasteiger partial charge in [-0.25, -0.2) is 0 Å². The van der Waals surface area contributed by atoms with Crippen molar-refractivity contribution < 1.29 is 9.59 Å². The summed E-state index contributed by atoms with van der Waals surface area (Å²) in [4.78, 5) is 27.4. The average Bonchev–Trinajstić information content (AvgIpc) is 2.69. The number of benzene rings is 2. The van der Waals surface area contributed by atoms with Crippen LogP contribution >= 0.6 is 11.6 Å². The fraction of sp³-hybridized carbons (Fsp3) is 0.333. The minimum atomic E-state index is -0.279. The van der Waals surface area contributed by atoms with E-state index >= 15 is 0 Å². The van der Waals surface area contributed by atoms with Gasteiger partial charge in [-0.2, -0.15) is 0 Å². The van der Waals surface area contributed by atoms with E-state index in [0.29, 0.717) is 21.8 Å². The Kier molecular flexibility index (Phi) is 5.94. The van der Waals surface area contributed by atoms with Crippen molar-refractivity contribution in [1.82, 2.24) is 4.90 Å². The van der Waals surface area contributed by atoms with Crippen molar-refractivity contribution in [1.29, 1.82) is 0 Å². The van der Waals surface area contributed by atoms with E-state index in [0.717, 1.165) is 25.8 Å². The van der Waals surface area contributed by atoms with Crippen LogP contribution in [0.3, 0.4) is 0 Å². The number of amides is 2. The topological polar surface area (TPSA) is 49.4 Å². The maximum atomic E-state index is 12.9. The molecular formula is C21H23ClN2O2. The van der Waals surface area contributed by atoms with E-state index in [1.165, 1.54) is 6.42 Å². The van der Waals surface area contributed by atoms with Gasteiger partial charge in [0.25, 0.3) is 11.8 Å². The number of halogens is 1. The molecule has 0 aliphatic carbocycles. The molecule has 1 aliphatic heterocycles. The van der Waals surface area contributed by atoms with Crippen molar-refractivity contribution in [3.8, 4) is 0 Å². The Hall–Kier alpha value is -2.33. The van der Waals surface area contributed by atoms with E-state index in [2.05, 4.69) is 12.2 Å². The highest BCUT2D eigenvalue weighted by Crippen LogP contribution is 2.23. The smallest absolute Gasteiger partial charge is 0.255 e. The molecule has 26 heavy (non-hydrogen) atoms. The number of nitrogens with one attached hydrogen (secondary N) is 1. The lowest BCUT2D eigenvalue weighted by Gasteiger charge is -2.35. The van der Waals surface area contributed by atoms with Crippen LogP contribution in [0.2, 0.25) is 5.02 Å². The molecule has 0 aromatic heterocycles. The van der Waals surface area contributed by atoms with Crippen molar-refractivity contribution in [3.63, 3.8) is 0 Å². The van der Waals surface area contributed by atoms with E-state index in [4.69, 9.17) is 11.6 Å². The molecule has 0 radical (unpaired) electrons. The molecule has 5 heteroatoms. The van der Waals surface area contributed by atoms with E-state index in [1.54, 1.807) is 42.5 Å². The Labute approximate surface area is 159 Å². The highest BCUT2D eigenvalue weighted by molar-refractivity contribution is 6.33. The fourth-order valence-corrected chi connectivity index (χ4v) is 3.59. The van der Waals surface area contributed by atoms with Crippen LogP contribution in [-0.2, 0) is 0 Å². The van der Waals surface area contributed by atoms with Crippen LogP contribution in [0.25, 0.3) is 0 Å². The van der Waals surface area contributed by atoms with Gasteiger partial charge in [0.15, 0.2) is 0 Å². The first kappa shape index (κ1) is 18.5. The Bertz CT molecular complexity index is 806. The minimum Gasteiger partial charge on any atom is -0.336 e. The van der Waals surface area contributed by atoms with Crippen molar-refractivity contribution >= 4 is 29.1 Å². The molecule has 0 bridgehead atoms. The maximum absolute atomic E-state index is 12.9. The predicted octanol–water partition coefficient (Wildman–Crippen LogP) is 5.00. The Morgan fingerprint density at radius 1 is 1.12 bits per heavy atom. The monoisotopic (exact) mass is 370 g/mol. The van der Waals surface area contributed by atoms with Crippen molar-refractivity contribution in [3.05, 3.63) is 64.7 Å². The third-order valence-corrected chi connectivity index (χ3v) is 5.18. The molecule has 3 rings (SSSR count). The first-order valence-corrected chi connectivity index (χ1v) is 9.45. The molecule has 136 valence electrons. The fourth-order valence-electron chi connectivity index (χ4n) is 3.41. The van der Waals surface area contributed by atoms with Gasteiger partial charge in [-0.15, -0.1) is 0 Å². The number of rotatable bonds is 4. The third-order valence-electron chi connectivity index (χ3n) is 4.85. The summed E-state index contributed by atoms with van der Waals surface area (Å²) in [6, 6.07) is 14.3. The predicted molar refractivity (Wildman–Crippen MR) is 105 cm³/mol. The molecule has 1 unspecified atom stereocenters. The standard InChI is InChI=1S/C21H23ClN2O2/c1-2-17-10-5-6-13-24(17)21(26)16-9-7-8-15(14-16)20(25)23-19-12-4-3-11-18(19)22/h3-4,7-9,11-12,14,17H,2,5-6,10,13H2,1H3,(H,23,25). The van der Waals surface area contributed by atoms with E-state index in [-0.39, 0.29) is 17.9 Å². The number of carbonyl (C=O) groups excluding carboxylic acids is 2. The lowest BCUT2D eigenvalue weighted by atomic mass is 9.98. The summed E-state index contributed by atoms with van der Waals surface area (Å²) in [7, 11) is 0. The summed E-state index contributed by atoms with van der Waals surface area (Å²) >= 11 is 6.10. The van der Waals surface area contributed by atoms with Gasteiger partial charge in [-0.05, 0) is 56.0 Å². The zero-order valence-electron chi connectivity index (χ0n) is 14.9. The summed E-state index contributed by atoms with van der Waals surface area (Å²) < 4.78 is 0. The number of likely N-dealkylation sites (tertiary alicyclic amines) is 1. The maximum Gasteiger partial charge on any atom is 0.255 e. The molecular weight excluding hydrogens is 348 g/mol. The Balaban J connectivity index is 1.78. The first-order chi connectivity index (χ1) is 12.6. The van der Waals surface area contributed by atoms with Gasteiger partial charge in [0.05, 0.1) is 10.7 Å². The molecule has 0 spiro atoms. The average molecular weight is 371 g/mol. The SMILES string of the molecule is CCC1CCCCN1C(=O)c1cccc(C(=O)Nc2ccccc2Cl)c1. The number of carbonyl (C=O) groups is 2. The number of anilines is 1. The Morgan fingerprint density at radius 3 is 2.65 bits per heavy atom. The van der Waals surface area contributed by atoms with E-state index in [9.17, 15) is 9.59 Å². The second-order valence-electron chi connectivity index (χ2n) is 6.57. The Morgan fingerprint density at radius 2 is 1.88 bits per heavy atom. The minimum absolute atomic E-state index is 0.00365. The van der Waals surface area contributed by atoms with Crippen LogP contribution in [0.1, 0.15) is 53.3 Å². The van der Waals surface area contributed by atoms with Crippen LogP contribution in [0.15, 0.2) is 48.5 Å². The van der Waals surface area contributed by atoms with Crippen LogP contribution in [-0.4, -0.2) is 29.3 Å². The molecule has 1 heterocycles. The summed E-state index contributed by atoms with van der Waals surface area (Å²) in [5.74, 6) is -0.276. The normalized spacial score (nSPS) is 17.0. The second kappa shape index (κ2) is 8.37. The first-order valence-electron chi connectivity index (χ1n) is 9.07. The zero-order valence-corrected chi connectivity index (χ0v) is 15.6. The van der Waals surface area contributed by atoms with Gasteiger partial charge >= 0.3 is 0 Å². The number of hydrogen-bond acceptors (Lipinski definition) is 2. The van der Waals surface area contributed by atoms with Gasteiger partial charge in [0, 0.05) is 23.7 Å². The van der Waals surface area contributed by atoms with E-state index < -0.39 is 0 Å². The molecule has 2 aromatic rings. The van der Waals surface area contributed by atoms with Crippen LogP contribution < -0.4 is 5.32 Å². The van der Waals surface area contributed by atoms with Gasteiger partial charge in [0.2, 0.25) is 0 Å². The second-order valence-corrected chi connectivity index (χ2v) is 6.98. The van der Waals surface area contributed by atoms with Gasteiger partial charge in [-0.1, -0.05) is 36.7 Å². The van der Waals surface area contributed by atoms with Gasteiger partial charge in [0.1, 0.15) is 0 Å². The van der Waals surface area contributed by atoms with Crippen molar-refractivity contribution in [2.45, 2.75) is 38.6 Å². The molecule has 1 atom stereocenters. The molecule has 2 amide bonds. The highest BCUT2D eigenvalue weighted by atomic mass is 35.5. The summed E-state index contributed by atoms with van der Waals surface area (Å²) in [5.41, 5.74) is 1.55. The molecule has 2 aromatic carbocycles. The van der Waals surface area contributed by atoms with E-state index in [1.807, 2.05) is 11.0 Å². The molecule has 1 saturated heterocycles. The number of hydrogen-bond donors (Lipinski definition) is 1. The summed E-state index contributed by atoms with van der Waals surface area (Å²) in [6.45, 7) is 2.90. The largest absolute Gasteiger partial charge is 0.336 e. The summed E-state index contributed by atoms with van der Waals surface area (Å²) in [5, 5.41) is 3.28. The number of piperidine rings is 1.